The van der Waals surface area contributed by atoms with E-state index in [2.05, 4.69) is 16.9 Å². The average molecular weight is 303 g/mol. The lowest BCUT2D eigenvalue weighted by Gasteiger charge is -2.07. The number of nitrogen functional groups attached to an aromatic ring is 1. The van der Waals surface area contributed by atoms with Crippen LogP contribution in [0.5, 0.6) is 5.88 Å². The van der Waals surface area contributed by atoms with Crippen LogP contribution in [0.2, 0.25) is 0 Å². The van der Waals surface area contributed by atoms with Crippen molar-refractivity contribution in [3.63, 3.8) is 0 Å². The molecule has 0 spiro atoms. The fourth-order valence-corrected chi connectivity index (χ4v) is 2.97. The summed E-state index contributed by atoms with van der Waals surface area (Å²) >= 11 is 1.57. The van der Waals surface area contributed by atoms with E-state index in [1.54, 1.807) is 29.5 Å². The van der Waals surface area contributed by atoms with Crippen LogP contribution in [0, 0.1) is 5.82 Å². The second kappa shape index (κ2) is 5.65. The van der Waals surface area contributed by atoms with E-state index in [1.807, 2.05) is 6.07 Å². The SMILES string of the molecule is CCc1cc2c(OCc3ccccc3F)nc(N)nc2s1. The lowest BCUT2D eigenvalue weighted by molar-refractivity contribution is 0.292. The van der Waals surface area contributed by atoms with Gasteiger partial charge < -0.3 is 10.5 Å². The first-order valence-corrected chi connectivity index (χ1v) is 7.41. The number of benzene rings is 1. The van der Waals surface area contributed by atoms with Crippen LogP contribution in [0.15, 0.2) is 30.3 Å². The predicted molar refractivity (Wildman–Crippen MR) is 81.9 cm³/mol. The Labute approximate surface area is 125 Å². The second-order valence-electron chi connectivity index (χ2n) is 4.55. The third kappa shape index (κ3) is 2.80. The fourth-order valence-electron chi connectivity index (χ4n) is 2.01. The number of anilines is 1. The van der Waals surface area contributed by atoms with E-state index in [9.17, 15) is 4.39 Å². The molecule has 4 nitrogen and oxygen atoms in total. The molecule has 0 amide bonds. The van der Waals surface area contributed by atoms with E-state index in [4.69, 9.17) is 10.5 Å². The molecule has 108 valence electrons. The Bertz CT molecular complexity index is 788. The summed E-state index contributed by atoms with van der Waals surface area (Å²) < 4.78 is 19.3. The maximum Gasteiger partial charge on any atom is 0.227 e. The summed E-state index contributed by atoms with van der Waals surface area (Å²) in [6.07, 6.45) is 0.910. The highest BCUT2D eigenvalue weighted by atomic mass is 32.1. The number of thiophene rings is 1. The Morgan fingerprint density at radius 2 is 2.10 bits per heavy atom. The van der Waals surface area contributed by atoms with Crippen molar-refractivity contribution in [1.29, 1.82) is 0 Å². The van der Waals surface area contributed by atoms with Gasteiger partial charge in [-0.1, -0.05) is 25.1 Å². The molecule has 0 radical (unpaired) electrons. The van der Waals surface area contributed by atoms with Gasteiger partial charge in [-0.15, -0.1) is 11.3 Å². The molecule has 2 heterocycles. The molecular formula is C15H14FN3OS. The van der Waals surface area contributed by atoms with Crippen molar-refractivity contribution in [2.24, 2.45) is 0 Å². The lowest BCUT2D eigenvalue weighted by atomic mass is 10.2. The minimum Gasteiger partial charge on any atom is -0.472 e. The number of rotatable bonds is 4. The molecule has 0 saturated heterocycles. The van der Waals surface area contributed by atoms with Crippen molar-refractivity contribution >= 4 is 27.5 Å². The van der Waals surface area contributed by atoms with Crippen molar-refractivity contribution < 1.29 is 9.13 Å². The Hall–Kier alpha value is -2.21. The zero-order valence-corrected chi connectivity index (χ0v) is 12.3. The van der Waals surface area contributed by atoms with Gasteiger partial charge in [0.25, 0.3) is 0 Å². The minimum absolute atomic E-state index is 0.107. The van der Waals surface area contributed by atoms with E-state index >= 15 is 0 Å². The number of aromatic nitrogens is 2. The van der Waals surface area contributed by atoms with Gasteiger partial charge in [0.2, 0.25) is 11.8 Å². The topological polar surface area (TPSA) is 61.0 Å². The molecule has 0 aliphatic heterocycles. The summed E-state index contributed by atoms with van der Waals surface area (Å²) in [6, 6.07) is 8.50. The third-order valence-electron chi connectivity index (χ3n) is 3.10. The molecule has 3 rings (SSSR count). The summed E-state index contributed by atoms with van der Waals surface area (Å²) in [5.74, 6) is 0.266. The molecule has 0 atom stereocenters. The number of nitrogens with two attached hydrogens (primary N) is 1. The molecule has 0 fully saturated rings. The highest BCUT2D eigenvalue weighted by Gasteiger charge is 2.12. The normalized spacial score (nSPS) is 11.0. The van der Waals surface area contributed by atoms with Crippen LogP contribution in [0.4, 0.5) is 10.3 Å². The maximum atomic E-state index is 13.6. The average Bonchev–Trinajstić information content (AvgIpc) is 2.89. The van der Waals surface area contributed by atoms with Gasteiger partial charge in [0.05, 0.1) is 5.39 Å². The highest BCUT2D eigenvalue weighted by Crippen LogP contribution is 2.31. The van der Waals surface area contributed by atoms with E-state index < -0.39 is 0 Å². The molecule has 21 heavy (non-hydrogen) atoms. The molecule has 1 aromatic carbocycles. The summed E-state index contributed by atoms with van der Waals surface area (Å²) in [6.45, 7) is 2.18. The summed E-state index contributed by atoms with van der Waals surface area (Å²) in [5.41, 5.74) is 6.18. The molecule has 2 aromatic heterocycles. The number of ether oxygens (including phenoxy) is 1. The Balaban J connectivity index is 1.93. The van der Waals surface area contributed by atoms with Gasteiger partial charge in [0.1, 0.15) is 17.3 Å². The summed E-state index contributed by atoms with van der Waals surface area (Å²) in [5, 5.41) is 0.822. The van der Waals surface area contributed by atoms with Gasteiger partial charge >= 0.3 is 0 Å². The minimum atomic E-state index is -0.296. The van der Waals surface area contributed by atoms with E-state index in [0.717, 1.165) is 16.6 Å². The molecule has 0 aliphatic carbocycles. The van der Waals surface area contributed by atoms with Crippen molar-refractivity contribution in [1.82, 2.24) is 9.97 Å². The Kier molecular flexibility index (Phi) is 3.70. The van der Waals surface area contributed by atoms with Crippen molar-refractivity contribution in [3.05, 3.63) is 46.6 Å². The lowest BCUT2D eigenvalue weighted by Crippen LogP contribution is -2.02. The maximum absolute atomic E-state index is 13.6. The van der Waals surface area contributed by atoms with Gasteiger partial charge in [-0.2, -0.15) is 4.98 Å². The zero-order valence-electron chi connectivity index (χ0n) is 11.5. The van der Waals surface area contributed by atoms with Crippen LogP contribution < -0.4 is 10.5 Å². The first kappa shape index (κ1) is 13.8. The molecule has 0 aliphatic rings. The number of hydrogen-bond acceptors (Lipinski definition) is 5. The standard InChI is InChI=1S/C15H14FN3OS/c1-2-10-7-11-13(18-15(17)19-14(11)21-10)20-8-9-5-3-4-6-12(9)16/h3-7H,2,8H2,1H3,(H2,17,18,19). The van der Waals surface area contributed by atoms with Crippen LogP contribution >= 0.6 is 11.3 Å². The molecule has 0 saturated carbocycles. The number of halogens is 1. The first-order valence-electron chi connectivity index (χ1n) is 6.59. The van der Waals surface area contributed by atoms with Crippen molar-refractivity contribution in [2.45, 2.75) is 20.0 Å². The van der Waals surface area contributed by atoms with Gasteiger partial charge in [-0.25, -0.2) is 9.37 Å². The largest absolute Gasteiger partial charge is 0.472 e. The number of nitrogens with zero attached hydrogens (tertiary/aromatic N) is 2. The Morgan fingerprint density at radius 3 is 2.86 bits per heavy atom. The molecule has 3 aromatic rings. The third-order valence-corrected chi connectivity index (χ3v) is 4.27. The van der Waals surface area contributed by atoms with E-state index in [0.29, 0.717) is 11.4 Å². The van der Waals surface area contributed by atoms with E-state index in [1.165, 1.54) is 10.9 Å². The van der Waals surface area contributed by atoms with Crippen LogP contribution in [0.1, 0.15) is 17.4 Å². The van der Waals surface area contributed by atoms with Crippen LogP contribution in [-0.2, 0) is 13.0 Å². The molecule has 2 N–H and O–H groups in total. The number of aryl methyl sites for hydroxylation is 1. The summed E-state index contributed by atoms with van der Waals surface area (Å²) in [7, 11) is 0. The summed E-state index contributed by atoms with van der Waals surface area (Å²) in [4.78, 5) is 10.3. The molecule has 6 heteroatoms. The smallest absolute Gasteiger partial charge is 0.227 e. The number of hydrogen-bond donors (Lipinski definition) is 1. The van der Waals surface area contributed by atoms with Gasteiger partial charge in [0.15, 0.2) is 0 Å². The molecular weight excluding hydrogens is 289 g/mol. The van der Waals surface area contributed by atoms with Gasteiger partial charge in [-0.05, 0) is 18.6 Å². The zero-order chi connectivity index (χ0) is 14.8. The highest BCUT2D eigenvalue weighted by molar-refractivity contribution is 7.18. The molecule has 0 bridgehead atoms. The van der Waals surface area contributed by atoms with Gasteiger partial charge in [-0.3, -0.25) is 0 Å². The number of fused-ring (bicyclic) bond motifs is 1. The fraction of sp³-hybridized carbons (Fsp3) is 0.200. The van der Waals surface area contributed by atoms with Crippen LogP contribution in [0.3, 0.4) is 0 Å². The van der Waals surface area contributed by atoms with Crippen molar-refractivity contribution in [2.75, 3.05) is 5.73 Å². The Morgan fingerprint density at radius 1 is 1.29 bits per heavy atom. The van der Waals surface area contributed by atoms with E-state index in [-0.39, 0.29) is 18.4 Å². The monoisotopic (exact) mass is 303 g/mol. The van der Waals surface area contributed by atoms with Gasteiger partial charge in [0, 0.05) is 10.4 Å². The second-order valence-corrected chi connectivity index (χ2v) is 5.67. The van der Waals surface area contributed by atoms with Crippen LogP contribution in [0.25, 0.3) is 10.2 Å². The quantitative estimate of drug-likeness (QED) is 0.800. The predicted octanol–water partition coefficient (Wildman–Crippen LogP) is 3.55. The van der Waals surface area contributed by atoms with Crippen LogP contribution in [-0.4, -0.2) is 9.97 Å². The molecule has 0 unspecified atom stereocenters. The van der Waals surface area contributed by atoms with Crippen molar-refractivity contribution in [3.8, 4) is 5.88 Å². The first-order chi connectivity index (χ1) is 10.2.